The molecule has 62 valence electrons. The van der Waals surface area contributed by atoms with Crippen LogP contribution in [-0.4, -0.2) is 6.54 Å². The summed E-state index contributed by atoms with van der Waals surface area (Å²) in [7, 11) is 0. The molecule has 2 N–H and O–H groups in total. The van der Waals surface area contributed by atoms with Crippen LogP contribution in [0.1, 0.15) is 0 Å². The maximum Gasteiger partial charge on any atom is 0.00961 e. The third-order valence-corrected chi connectivity index (χ3v) is 2.48. The monoisotopic (exact) mass is 159 g/mol. The third-order valence-electron chi connectivity index (χ3n) is 2.48. The van der Waals surface area contributed by atoms with E-state index in [-0.39, 0.29) is 0 Å². The Morgan fingerprint density at radius 2 is 2.08 bits per heavy atom. The maximum atomic E-state index is 5.67. The van der Waals surface area contributed by atoms with Crippen molar-refractivity contribution in [2.75, 3.05) is 6.54 Å². The van der Waals surface area contributed by atoms with Gasteiger partial charge in [0.25, 0.3) is 0 Å². The Balaban J connectivity index is 2.29. The molecule has 0 fully saturated rings. The van der Waals surface area contributed by atoms with E-state index in [0.29, 0.717) is 11.8 Å². The fourth-order valence-electron chi connectivity index (χ4n) is 1.78. The number of nitrogens with two attached hydrogens (primary N) is 1. The minimum Gasteiger partial charge on any atom is -0.330 e. The summed E-state index contributed by atoms with van der Waals surface area (Å²) in [6.45, 7) is 0.733. The molecule has 12 heavy (non-hydrogen) atoms. The van der Waals surface area contributed by atoms with Crippen molar-refractivity contribution in [2.45, 2.75) is 0 Å². The highest BCUT2D eigenvalue weighted by atomic mass is 14.6. The summed E-state index contributed by atoms with van der Waals surface area (Å²) in [6.07, 6.45) is 15.0. The van der Waals surface area contributed by atoms with Crippen LogP contribution < -0.4 is 5.73 Å². The average molecular weight is 159 g/mol. The van der Waals surface area contributed by atoms with Gasteiger partial charge in [-0.15, -0.1) is 0 Å². The van der Waals surface area contributed by atoms with Gasteiger partial charge in [0.2, 0.25) is 0 Å². The van der Waals surface area contributed by atoms with Crippen molar-refractivity contribution >= 4 is 0 Å². The smallest absolute Gasteiger partial charge is 0.00961 e. The minimum absolute atomic E-state index is 0.492. The fraction of sp³-hybridized carbons (Fsp3) is 0.273. The van der Waals surface area contributed by atoms with E-state index in [1.165, 1.54) is 5.57 Å². The Morgan fingerprint density at radius 1 is 1.17 bits per heavy atom. The highest BCUT2D eigenvalue weighted by molar-refractivity contribution is 5.39. The van der Waals surface area contributed by atoms with E-state index in [9.17, 15) is 0 Å². The van der Waals surface area contributed by atoms with Crippen molar-refractivity contribution in [3.8, 4) is 0 Å². The molecule has 1 nitrogen and oxygen atoms in total. The lowest BCUT2D eigenvalue weighted by Gasteiger charge is -2.25. The number of hydrogen-bond donors (Lipinski definition) is 1. The number of fused-ring (bicyclic) bond motifs is 1. The molecule has 0 saturated heterocycles. The molecule has 0 aromatic heterocycles. The standard InChI is InChI=1S/C11H13N/c12-8-10-6-3-5-9-4-1-2-7-11(9)10/h1-7,10-11H,8,12H2. The predicted molar refractivity (Wildman–Crippen MR) is 51.5 cm³/mol. The molecule has 0 amide bonds. The van der Waals surface area contributed by atoms with Gasteiger partial charge in [0, 0.05) is 5.92 Å². The van der Waals surface area contributed by atoms with Crippen LogP contribution in [0.15, 0.2) is 48.1 Å². The van der Waals surface area contributed by atoms with E-state index in [1.54, 1.807) is 0 Å². The van der Waals surface area contributed by atoms with Gasteiger partial charge < -0.3 is 5.73 Å². The van der Waals surface area contributed by atoms with Gasteiger partial charge >= 0.3 is 0 Å². The molecule has 1 heteroatoms. The SMILES string of the molecule is NCC1C=CC=C2C=CC=CC21. The summed E-state index contributed by atoms with van der Waals surface area (Å²) in [6, 6.07) is 0. The molecular weight excluding hydrogens is 146 g/mol. The van der Waals surface area contributed by atoms with Gasteiger partial charge in [-0.3, -0.25) is 0 Å². The van der Waals surface area contributed by atoms with Gasteiger partial charge in [-0.1, -0.05) is 42.5 Å². The van der Waals surface area contributed by atoms with E-state index >= 15 is 0 Å². The molecule has 2 rings (SSSR count). The van der Waals surface area contributed by atoms with Crippen LogP contribution in [0.3, 0.4) is 0 Å². The lowest BCUT2D eigenvalue weighted by molar-refractivity contribution is 0.543. The quantitative estimate of drug-likeness (QED) is 0.620. The van der Waals surface area contributed by atoms with Crippen molar-refractivity contribution in [1.29, 1.82) is 0 Å². The summed E-state index contributed by atoms with van der Waals surface area (Å²) < 4.78 is 0. The Bertz CT molecular complexity index is 281. The molecule has 0 aromatic rings. The van der Waals surface area contributed by atoms with Crippen molar-refractivity contribution in [1.82, 2.24) is 0 Å². The van der Waals surface area contributed by atoms with E-state index in [4.69, 9.17) is 5.73 Å². The van der Waals surface area contributed by atoms with Crippen LogP contribution in [0.5, 0.6) is 0 Å². The highest BCUT2D eigenvalue weighted by Crippen LogP contribution is 2.29. The number of rotatable bonds is 1. The number of hydrogen-bond acceptors (Lipinski definition) is 1. The molecule has 0 aromatic carbocycles. The summed E-state index contributed by atoms with van der Waals surface area (Å²) >= 11 is 0. The van der Waals surface area contributed by atoms with Gasteiger partial charge in [-0.2, -0.15) is 0 Å². The molecule has 2 aliphatic carbocycles. The number of allylic oxidation sites excluding steroid dienone is 7. The second kappa shape index (κ2) is 3.11. The molecular formula is C11H13N. The van der Waals surface area contributed by atoms with Crippen LogP contribution in [-0.2, 0) is 0 Å². The molecule has 0 radical (unpaired) electrons. The summed E-state index contributed by atoms with van der Waals surface area (Å²) in [5.41, 5.74) is 7.06. The topological polar surface area (TPSA) is 26.0 Å². The first-order valence-electron chi connectivity index (χ1n) is 4.35. The van der Waals surface area contributed by atoms with Gasteiger partial charge in [0.1, 0.15) is 0 Å². The van der Waals surface area contributed by atoms with Gasteiger partial charge in [0.15, 0.2) is 0 Å². The van der Waals surface area contributed by atoms with Crippen LogP contribution in [0.25, 0.3) is 0 Å². The third kappa shape index (κ3) is 1.16. The maximum absolute atomic E-state index is 5.67. The van der Waals surface area contributed by atoms with Crippen LogP contribution in [0.2, 0.25) is 0 Å². The fourth-order valence-corrected chi connectivity index (χ4v) is 1.78. The lowest BCUT2D eigenvalue weighted by Crippen LogP contribution is -2.23. The highest BCUT2D eigenvalue weighted by Gasteiger charge is 2.20. The van der Waals surface area contributed by atoms with Gasteiger partial charge in [-0.05, 0) is 18.0 Å². The average Bonchev–Trinajstić information content (AvgIpc) is 2.17. The molecule has 2 unspecified atom stereocenters. The van der Waals surface area contributed by atoms with Crippen molar-refractivity contribution in [3.63, 3.8) is 0 Å². The first-order chi connectivity index (χ1) is 5.92. The first-order valence-corrected chi connectivity index (χ1v) is 4.35. The Labute approximate surface area is 73.0 Å². The van der Waals surface area contributed by atoms with Gasteiger partial charge in [0.05, 0.1) is 0 Å². The van der Waals surface area contributed by atoms with Crippen LogP contribution in [0, 0.1) is 11.8 Å². The van der Waals surface area contributed by atoms with Gasteiger partial charge in [-0.25, -0.2) is 0 Å². The molecule has 2 aliphatic rings. The van der Waals surface area contributed by atoms with Crippen molar-refractivity contribution < 1.29 is 0 Å². The minimum atomic E-state index is 0.492. The van der Waals surface area contributed by atoms with E-state index < -0.39 is 0 Å². The Hall–Kier alpha value is -1.08. The van der Waals surface area contributed by atoms with Crippen molar-refractivity contribution in [3.05, 3.63) is 48.1 Å². The summed E-state index contributed by atoms with van der Waals surface area (Å²) in [5.74, 6) is 1.01. The Morgan fingerprint density at radius 3 is 2.92 bits per heavy atom. The molecule has 0 spiro atoms. The van der Waals surface area contributed by atoms with Crippen molar-refractivity contribution in [2.24, 2.45) is 17.6 Å². The second-order valence-electron chi connectivity index (χ2n) is 3.22. The molecule has 0 heterocycles. The zero-order valence-electron chi connectivity index (χ0n) is 6.98. The van der Waals surface area contributed by atoms with E-state index in [0.717, 1.165) is 6.54 Å². The predicted octanol–water partition coefficient (Wildman–Crippen LogP) is 1.80. The van der Waals surface area contributed by atoms with Crippen LogP contribution >= 0.6 is 0 Å². The molecule has 0 saturated carbocycles. The largest absolute Gasteiger partial charge is 0.330 e. The van der Waals surface area contributed by atoms with E-state index in [1.807, 2.05) is 0 Å². The van der Waals surface area contributed by atoms with Crippen LogP contribution in [0.4, 0.5) is 0 Å². The molecule has 0 aliphatic heterocycles. The second-order valence-corrected chi connectivity index (χ2v) is 3.22. The zero-order chi connectivity index (χ0) is 8.39. The first kappa shape index (κ1) is 7.56. The Kier molecular flexibility index (Phi) is 1.96. The normalized spacial score (nSPS) is 31.6. The molecule has 2 atom stereocenters. The summed E-state index contributed by atoms with van der Waals surface area (Å²) in [5, 5.41) is 0. The lowest BCUT2D eigenvalue weighted by atomic mass is 9.80. The summed E-state index contributed by atoms with van der Waals surface area (Å²) in [4.78, 5) is 0. The molecule has 0 bridgehead atoms. The van der Waals surface area contributed by atoms with E-state index in [2.05, 4.69) is 42.5 Å². The zero-order valence-corrected chi connectivity index (χ0v) is 6.98.